The second kappa shape index (κ2) is 14.0. The Labute approximate surface area is 253 Å². The second-order valence-electron chi connectivity index (χ2n) is 10.0. The zero-order valence-electron chi connectivity index (χ0n) is 24.3. The number of unbranched alkanes of at least 4 members (excludes halogenated alkanes) is 1. The predicted octanol–water partition coefficient (Wildman–Crippen LogP) is 6.49. The standard InChI is InChI=1S/C33H32F2N2O7/c1-3-4-5-32-36-17-26(13-23(33(38)39)12-22-14-30-31(44-20-43-30)16-29(22)40-2)37(32)25-8-10-27(11-9-25)42-19-41-18-21-6-7-24(34)15-28(21)35/h6-11,13-17H,3-5,12,18-20H2,1-2H3,(H,38,39)/b23-13+. The molecule has 1 aliphatic heterocycles. The van der Waals surface area contributed by atoms with Gasteiger partial charge in [0.15, 0.2) is 18.3 Å². The minimum absolute atomic E-state index is 0.0697. The van der Waals surface area contributed by atoms with Gasteiger partial charge < -0.3 is 28.8 Å². The van der Waals surface area contributed by atoms with E-state index in [1.54, 1.807) is 36.5 Å². The van der Waals surface area contributed by atoms with Gasteiger partial charge in [-0.25, -0.2) is 18.6 Å². The van der Waals surface area contributed by atoms with Crippen LogP contribution in [-0.2, 0) is 29.0 Å². The van der Waals surface area contributed by atoms with E-state index in [-0.39, 0.29) is 37.8 Å². The molecule has 1 aliphatic rings. The number of benzene rings is 3. The van der Waals surface area contributed by atoms with Crippen molar-refractivity contribution in [3.8, 4) is 28.7 Å². The van der Waals surface area contributed by atoms with Gasteiger partial charge in [0.05, 0.1) is 25.6 Å². The van der Waals surface area contributed by atoms with Crippen molar-refractivity contribution in [1.82, 2.24) is 9.55 Å². The molecule has 11 heteroatoms. The molecule has 0 unspecified atom stereocenters. The molecule has 1 aromatic heterocycles. The SMILES string of the molecule is CCCCc1ncc(/C=C(\Cc2cc3c(cc2OC)OCO3)C(=O)O)n1-c1ccc(OCOCc2ccc(F)cc2F)cc1. The van der Waals surface area contributed by atoms with E-state index in [0.717, 1.165) is 30.4 Å². The van der Waals surface area contributed by atoms with Crippen LogP contribution in [0, 0.1) is 11.6 Å². The summed E-state index contributed by atoms with van der Waals surface area (Å²) in [6.07, 6.45) is 5.94. The summed E-state index contributed by atoms with van der Waals surface area (Å²) < 4.78 is 56.3. The summed E-state index contributed by atoms with van der Waals surface area (Å²) in [6.45, 7) is 1.98. The van der Waals surface area contributed by atoms with Crippen molar-refractivity contribution >= 4 is 12.0 Å². The van der Waals surface area contributed by atoms with Crippen LogP contribution < -0.4 is 18.9 Å². The maximum atomic E-state index is 13.8. The van der Waals surface area contributed by atoms with E-state index >= 15 is 0 Å². The van der Waals surface area contributed by atoms with Crippen molar-refractivity contribution in [2.24, 2.45) is 0 Å². The number of carboxylic acids is 1. The van der Waals surface area contributed by atoms with Gasteiger partial charge in [-0.2, -0.15) is 0 Å². The molecule has 0 radical (unpaired) electrons. The predicted molar refractivity (Wildman–Crippen MR) is 157 cm³/mol. The molecule has 0 bridgehead atoms. The van der Waals surface area contributed by atoms with E-state index in [0.29, 0.717) is 40.7 Å². The fourth-order valence-electron chi connectivity index (χ4n) is 4.77. The van der Waals surface area contributed by atoms with Crippen LogP contribution in [0.1, 0.15) is 42.4 Å². The molecule has 0 spiro atoms. The Morgan fingerprint density at radius 2 is 1.84 bits per heavy atom. The van der Waals surface area contributed by atoms with Crippen LogP contribution >= 0.6 is 0 Å². The van der Waals surface area contributed by atoms with Gasteiger partial charge in [0.25, 0.3) is 0 Å². The quantitative estimate of drug-likeness (QED) is 0.0987. The normalized spacial score (nSPS) is 12.4. The number of carbonyl (C=O) groups is 1. The van der Waals surface area contributed by atoms with Gasteiger partial charge in [0.1, 0.15) is 29.0 Å². The van der Waals surface area contributed by atoms with Gasteiger partial charge in [-0.05, 0) is 48.9 Å². The zero-order valence-corrected chi connectivity index (χ0v) is 24.3. The monoisotopic (exact) mass is 606 g/mol. The number of hydrogen-bond acceptors (Lipinski definition) is 7. The molecular weight excluding hydrogens is 574 g/mol. The number of hydrogen-bond donors (Lipinski definition) is 1. The average molecular weight is 607 g/mol. The Bertz CT molecular complexity index is 1650. The first kappa shape index (κ1) is 30.6. The van der Waals surface area contributed by atoms with Crippen molar-refractivity contribution < 1.29 is 42.4 Å². The summed E-state index contributed by atoms with van der Waals surface area (Å²) in [5, 5.41) is 10.1. The first-order valence-electron chi connectivity index (χ1n) is 14.1. The third-order valence-electron chi connectivity index (χ3n) is 7.05. The van der Waals surface area contributed by atoms with E-state index in [4.69, 9.17) is 23.7 Å². The minimum Gasteiger partial charge on any atom is -0.496 e. The molecule has 1 N–H and O–H groups in total. The van der Waals surface area contributed by atoms with E-state index in [9.17, 15) is 18.7 Å². The number of aliphatic carboxylic acids is 1. The molecular formula is C33H32F2N2O7. The summed E-state index contributed by atoms with van der Waals surface area (Å²) in [6, 6.07) is 13.9. The molecule has 0 saturated heterocycles. The second-order valence-corrected chi connectivity index (χ2v) is 10.0. The summed E-state index contributed by atoms with van der Waals surface area (Å²) in [7, 11) is 1.52. The summed E-state index contributed by atoms with van der Waals surface area (Å²) >= 11 is 0. The number of rotatable bonds is 14. The van der Waals surface area contributed by atoms with Crippen molar-refractivity contribution in [3.63, 3.8) is 0 Å². The lowest BCUT2D eigenvalue weighted by atomic mass is 10.0. The summed E-state index contributed by atoms with van der Waals surface area (Å²) in [5.74, 6) is 0.487. The topological polar surface area (TPSA) is 101 Å². The van der Waals surface area contributed by atoms with Crippen LogP contribution in [-0.4, -0.2) is 41.3 Å². The van der Waals surface area contributed by atoms with Crippen LogP contribution in [0.5, 0.6) is 23.0 Å². The highest BCUT2D eigenvalue weighted by molar-refractivity contribution is 5.92. The lowest BCUT2D eigenvalue weighted by Crippen LogP contribution is -2.08. The highest BCUT2D eigenvalue weighted by Gasteiger charge is 2.21. The number of carboxylic acid groups (broad SMARTS) is 1. The average Bonchev–Trinajstić information content (AvgIpc) is 3.64. The van der Waals surface area contributed by atoms with Gasteiger partial charge >= 0.3 is 5.97 Å². The zero-order chi connectivity index (χ0) is 31.1. The van der Waals surface area contributed by atoms with Gasteiger partial charge in [-0.3, -0.25) is 4.57 Å². The highest BCUT2D eigenvalue weighted by atomic mass is 19.1. The molecule has 0 saturated carbocycles. The molecule has 0 amide bonds. The number of aryl methyl sites for hydroxylation is 1. The molecule has 0 fully saturated rings. The maximum Gasteiger partial charge on any atom is 0.331 e. The largest absolute Gasteiger partial charge is 0.496 e. The maximum absolute atomic E-state index is 13.8. The Morgan fingerprint density at radius 3 is 2.55 bits per heavy atom. The molecule has 0 aliphatic carbocycles. The summed E-state index contributed by atoms with van der Waals surface area (Å²) in [5.41, 5.74) is 2.38. The van der Waals surface area contributed by atoms with Gasteiger partial charge in [0, 0.05) is 47.4 Å². The van der Waals surface area contributed by atoms with E-state index in [1.807, 2.05) is 16.7 Å². The number of methoxy groups -OCH3 is 1. The van der Waals surface area contributed by atoms with Gasteiger partial charge in [-0.15, -0.1) is 0 Å². The smallest absolute Gasteiger partial charge is 0.331 e. The summed E-state index contributed by atoms with van der Waals surface area (Å²) in [4.78, 5) is 17.0. The number of ether oxygens (including phenoxy) is 5. The van der Waals surface area contributed by atoms with Crippen molar-refractivity contribution in [1.29, 1.82) is 0 Å². The fraction of sp³-hybridized carbons (Fsp3) is 0.273. The Kier molecular flexibility index (Phi) is 9.75. The van der Waals surface area contributed by atoms with Crippen LogP contribution in [0.15, 0.2) is 66.4 Å². The first-order chi connectivity index (χ1) is 21.4. The molecule has 3 aromatic carbocycles. The van der Waals surface area contributed by atoms with E-state index in [2.05, 4.69) is 11.9 Å². The molecule has 44 heavy (non-hydrogen) atoms. The molecule has 9 nitrogen and oxygen atoms in total. The van der Waals surface area contributed by atoms with Crippen molar-refractivity contribution in [2.75, 3.05) is 20.7 Å². The van der Waals surface area contributed by atoms with E-state index in [1.165, 1.54) is 19.2 Å². The fourth-order valence-corrected chi connectivity index (χ4v) is 4.77. The minimum atomic E-state index is -1.07. The number of nitrogens with zero attached hydrogens (tertiary/aromatic N) is 2. The lowest BCUT2D eigenvalue weighted by Gasteiger charge is -2.14. The van der Waals surface area contributed by atoms with Crippen LogP contribution in [0.4, 0.5) is 8.78 Å². The number of fused-ring (bicyclic) bond motifs is 1. The number of halogens is 2. The number of aromatic nitrogens is 2. The van der Waals surface area contributed by atoms with Crippen LogP contribution in [0.3, 0.4) is 0 Å². The lowest BCUT2D eigenvalue weighted by molar-refractivity contribution is -0.132. The Balaban J connectivity index is 1.35. The van der Waals surface area contributed by atoms with E-state index < -0.39 is 17.6 Å². The van der Waals surface area contributed by atoms with Crippen LogP contribution in [0.2, 0.25) is 0 Å². The van der Waals surface area contributed by atoms with Gasteiger partial charge in [0.2, 0.25) is 6.79 Å². The van der Waals surface area contributed by atoms with Crippen molar-refractivity contribution in [3.05, 3.63) is 101 Å². The Morgan fingerprint density at radius 1 is 1.07 bits per heavy atom. The van der Waals surface area contributed by atoms with Gasteiger partial charge in [-0.1, -0.05) is 19.4 Å². The molecule has 230 valence electrons. The number of imidazole rings is 1. The van der Waals surface area contributed by atoms with Crippen molar-refractivity contribution in [2.45, 2.75) is 39.2 Å². The molecule has 2 heterocycles. The molecule has 4 aromatic rings. The third-order valence-corrected chi connectivity index (χ3v) is 7.05. The highest BCUT2D eigenvalue weighted by Crippen LogP contribution is 2.39. The molecule has 0 atom stereocenters. The third kappa shape index (κ3) is 7.17. The first-order valence-corrected chi connectivity index (χ1v) is 14.1. The Hall–Kier alpha value is -4.90. The molecule has 5 rings (SSSR count). The van der Waals surface area contributed by atoms with Crippen LogP contribution in [0.25, 0.3) is 11.8 Å².